The molecule has 1 aromatic carbocycles. The Morgan fingerprint density at radius 3 is 2.89 bits per heavy atom. The predicted octanol–water partition coefficient (Wildman–Crippen LogP) is 1.31. The van der Waals surface area contributed by atoms with Crippen molar-refractivity contribution in [2.24, 2.45) is 0 Å². The molecule has 0 aromatic heterocycles. The molecule has 1 unspecified atom stereocenters. The Labute approximate surface area is 112 Å². The second-order valence-corrected chi connectivity index (χ2v) is 4.84. The summed E-state index contributed by atoms with van der Waals surface area (Å²) in [4.78, 5) is 14.1. The van der Waals surface area contributed by atoms with Crippen molar-refractivity contribution in [3.8, 4) is 11.5 Å². The number of amides is 1. The average Bonchev–Trinajstić information content (AvgIpc) is 2.91. The number of hydrogen-bond acceptors (Lipinski definition) is 4. The predicted molar refractivity (Wildman–Crippen MR) is 72.4 cm³/mol. The van der Waals surface area contributed by atoms with E-state index in [2.05, 4.69) is 5.32 Å². The van der Waals surface area contributed by atoms with Gasteiger partial charge in [0.2, 0.25) is 0 Å². The van der Waals surface area contributed by atoms with Gasteiger partial charge >= 0.3 is 0 Å². The van der Waals surface area contributed by atoms with E-state index in [9.17, 15) is 15.0 Å². The quantitative estimate of drug-likeness (QED) is 0.717. The van der Waals surface area contributed by atoms with Gasteiger partial charge in [0.1, 0.15) is 11.5 Å². The third kappa shape index (κ3) is 3.17. The summed E-state index contributed by atoms with van der Waals surface area (Å²) < 4.78 is 0. The summed E-state index contributed by atoms with van der Waals surface area (Å²) in [6.45, 7) is 4.11. The molecule has 19 heavy (non-hydrogen) atoms. The van der Waals surface area contributed by atoms with Gasteiger partial charge in [0.05, 0.1) is 5.56 Å². The maximum Gasteiger partial charge on any atom is 0.257 e. The Balaban J connectivity index is 2.12. The molecule has 0 radical (unpaired) electrons. The topological polar surface area (TPSA) is 72.8 Å². The highest BCUT2D eigenvalue weighted by atomic mass is 16.3. The highest BCUT2D eigenvalue weighted by Crippen LogP contribution is 2.23. The van der Waals surface area contributed by atoms with Crippen LogP contribution in [0.15, 0.2) is 18.2 Å². The number of phenolic OH excluding ortho intramolecular Hbond substituents is 2. The van der Waals surface area contributed by atoms with Gasteiger partial charge < -0.3 is 20.4 Å². The largest absolute Gasteiger partial charge is 0.508 e. The average molecular weight is 264 g/mol. The molecule has 0 spiro atoms. The molecule has 5 nitrogen and oxygen atoms in total. The Bertz CT molecular complexity index is 456. The molecule has 104 valence electrons. The fraction of sp³-hybridized carbons (Fsp3) is 0.500. The SMILES string of the molecule is CCN(CC1CCCN1)C(=O)c1cc(O)ccc1O. The van der Waals surface area contributed by atoms with E-state index in [0.717, 1.165) is 19.4 Å². The van der Waals surface area contributed by atoms with Crippen molar-refractivity contribution >= 4 is 5.91 Å². The van der Waals surface area contributed by atoms with E-state index in [1.54, 1.807) is 4.90 Å². The molecule has 1 amide bonds. The number of carbonyl (C=O) groups excluding carboxylic acids is 1. The van der Waals surface area contributed by atoms with Crippen LogP contribution in [0.3, 0.4) is 0 Å². The van der Waals surface area contributed by atoms with E-state index in [1.807, 2.05) is 6.92 Å². The van der Waals surface area contributed by atoms with Crippen LogP contribution in [0.5, 0.6) is 11.5 Å². The molecule has 1 fully saturated rings. The zero-order valence-electron chi connectivity index (χ0n) is 11.1. The number of phenols is 2. The van der Waals surface area contributed by atoms with Crippen LogP contribution in [0.4, 0.5) is 0 Å². The molecule has 1 aromatic rings. The standard InChI is InChI=1S/C14H20N2O3/c1-2-16(9-10-4-3-7-15-10)14(19)12-8-11(17)5-6-13(12)18/h5-6,8,10,15,17-18H,2-4,7,9H2,1H3. The number of nitrogens with zero attached hydrogens (tertiary/aromatic N) is 1. The minimum Gasteiger partial charge on any atom is -0.508 e. The van der Waals surface area contributed by atoms with Crippen molar-refractivity contribution < 1.29 is 15.0 Å². The van der Waals surface area contributed by atoms with Crippen molar-refractivity contribution in [3.05, 3.63) is 23.8 Å². The molecular weight excluding hydrogens is 244 g/mol. The van der Waals surface area contributed by atoms with Gasteiger partial charge in [-0.25, -0.2) is 0 Å². The first kappa shape index (κ1) is 13.7. The number of aromatic hydroxyl groups is 2. The molecule has 5 heteroatoms. The molecule has 1 saturated heterocycles. The Kier molecular flexibility index (Phi) is 4.27. The zero-order chi connectivity index (χ0) is 13.8. The Morgan fingerprint density at radius 1 is 1.47 bits per heavy atom. The fourth-order valence-electron chi connectivity index (χ4n) is 2.40. The molecule has 0 bridgehead atoms. The molecule has 1 aliphatic heterocycles. The molecule has 2 rings (SSSR count). The smallest absolute Gasteiger partial charge is 0.257 e. The summed E-state index contributed by atoms with van der Waals surface area (Å²) in [5.41, 5.74) is 0.153. The maximum atomic E-state index is 12.4. The van der Waals surface area contributed by atoms with Crippen molar-refractivity contribution in [1.29, 1.82) is 0 Å². The van der Waals surface area contributed by atoms with Gasteiger partial charge in [-0.3, -0.25) is 4.79 Å². The summed E-state index contributed by atoms with van der Waals surface area (Å²) in [6, 6.07) is 4.33. The fourth-order valence-corrected chi connectivity index (χ4v) is 2.40. The molecule has 1 atom stereocenters. The maximum absolute atomic E-state index is 12.4. The van der Waals surface area contributed by atoms with Crippen LogP contribution in [0.2, 0.25) is 0 Å². The van der Waals surface area contributed by atoms with Gasteiger partial charge in [-0.2, -0.15) is 0 Å². The molecule has 1 aliphatic rings. The molecule has 0 aliphatic carbocycles. The van der Waals surface area contributed by atoms with Gasteiger partial charge in [-0.05, 0) is 44.5 Å². The summed E-state index contributed by atoms with van der Waals surface area (Å²) in [6.07, 6.45) is 2.20. The lowest BCUT2D eigenvalue weighted by Crippen LogP contribution is -2.41. The Hall–Kier alpha value is -1.75. The zero-order valence-corrected chi connectivity index (χ0v) is 11.1. The number of hydrogen-bond donors (Lipinski definition) is 3. The van der Waals surface area contributed by atoms with Gasteiger partial charge in [-0.15, -0.1) is 0 Å². The summed E-state index contributed by atoms with van der Waals surface area (Å²) in [5, 5.41) is 22.5. The van der Waals surface area contributed by atoms with E-state index in [1.165, 1.54) is 18.2 Å². The van der Waals surface area contributed by atoms with Crippen LogP contribution < -0.4 is 5.32 Å². The van der Waals surface area contributed by atoms with Crippen LogP contribution in [0, 0.1) is 0 Å². The number of nitrogens with one attached hydrogen (secondary N) is 1. The van der Waals surface area contributed by atoms with Gasteiger partial charge in [0.25, 0.3) is 5.91 Å². The Morgan fingerprint density at radius 2 is 2.26 bits per heavy atom. The van der Waals surface area contributed by atoms with Gasteiger partial charge in [-0.1, -0.05) is 0 Å². The third-order valence-corrected chi connectivity index (χ3v) is 3.48. The lowest BCUT2D eigenvalue weighted by Gasteiger charge is -2.25. The van der Waals surface area contributed by atoms with Gasteiger partial charge in [0.15, 0.2) is 0 Å². The molecule has 3 N–H and O–H groups in total. The number of likely N-dealkylation sites (N-methyl/N-ethyl adjacent to an activating group) is 1. The first-order chi connectivity index (χ1) is 9.11. The van der Waals surface area contributed by atoms with Crippen molar-refractivity contribution in [2.45, 2.75) is 25.8 Å². The van der Waals surface area contributed by atoms with Crippen LogP contribution in [-0.4, -0.2) is 46.7 Å². The summed E-state index contributed by atoms with van der Waals surface area (Å²) in [7, 11) is 0. The van der Waals surface area contributed by atoms with Crippen molar-refractivity contribution in [1.82, 2.24) is 10.2 Å². The summed E-state index contributed by atoms with van der Waals surface area (Å²) >= 11 is 0. The second kappa shape index (κ2) is 5.93. The first-order valence-corrected chi connectivity index (χ1v) is 6.66. The third-order valence-electron chi connectivity index (χ3n) is 3.48. The normalized spacial score (nSPS) is 18.5. The molecular formula is C14H20N2O3. The highest BCUT2D eigenvalue weighted by molar-refractivity contribution is 5.97. The minimum absolute atomic E-state index is 0.0174. The van der Waals surface area contributed by atoms with Crippen LogP contribution >= 0.6 is 0 Å². The van der Waals surface area contributed by atoms with Crippen LogP contribution in [-0.2, 0) is 0 Å². The lowest BCUT2D eigenvalue weighted by atomic mass is 10.1. The van der Waals surface area contributed by atoms with Gasteiger partial charge in [0, 0.05) is 19.1 Å². The first-order valence-electron chi connectivity index (χ1n) is 6.66. The van der Waals surface area contributed by atoms with E-state index < -0.39 is 0 Å². The van der Waals surface area contributed by atoms with Crippen molar-refractivity contribution in [3.63, 3.8) is 0 Å². The van der Waals surface area contributed by atoms with Crippen molar-refractivity contribution in [2.75, 3.05) is 19.6 Å². The minimum atomic E-state index is -0.246. The van der Waals surface area contributed by atoms with E-state index in [-0.39, 0.29) is 23.0 Å². The van der Waals surface area contributed by atoms with Crippen LogP contribution in [0.1, 0.15) is 30.1 Å². The van der Waals surface area contributed by atoms with Crippen LogP contribution in [0.25, 0.3) is 0 Å². The lowest BCUT2D eigenvalue weighted by molar-refractivity contribution is 0.0748. The number of carbonyl (C=O) groups is 1. The summed E-state index contributed by atoms with van der Waals surface area (Å²) in [5.74, 6) is -0.360. The highest BCUT2D eigenvalue weighted by Gasteiger charge is 2.23. The monoisotopic (exact) mass is 264 g/mol. The van der Waals surface area contributed by atoms with E-state index in [0.29, 0.717) is 19.1 Å². The molecule has 1 heterocycles. The second-order valence-electron chi connectivity index (χ2n) is 4.84. The van der Waals surface area contributed by atoms with E-state index >= 15 is 0 Å². The van der Waals surface area contributed by atoms with E-state index in [4.69, 9.17) is 0 Å². The number of rotatable bonds is 4. The number of benzene rings is 1. The molecule has 0 saturated carbocycles.